The number of anilines is 2. The molecule has 0 saturated heterocycles. The Kier molecular flexibility index (Phi) is 8.93. The van der Waals surface area contributed by atoms with Crippen LogP contribution in [-0.2, 0) is 11.3 Å². The number of nitrogens with one attached hydrogen (secondary N) is 1. The van der Waals surface area contributed by atoms with Gasteiger partial charge in [-0.2, -0.15) is 0 Å². The van der Waals surface area contributed by atoms with Gasteiger partial charge in [-0.25, -0.2) is 0 Å². The summed E-state index contributed by atoms with van der Waals surface area (Å²) < 4.78 is 0. The lowest BCUT2D eigenvalue weighted by atomic mass is 10.1. The number of benzene rings is 2. The molecule has 1 aliphatic rings. The summed E-state index contributed by atoms with van der Waals surface area (Å²) >= 11 is 0. The van der Waals surface area contributed by atoms with Crippen molar-refractivity contribution in [2.24, 2.45) is 11.7 Å². The van der Waals surface area contributed by atoms with Gasteiger partial charge in [-0.05, 0) is 37.0 Å². The number of hydrogen-bond acceptors (Lipinski definition) is 3. The Morgan fingerprint density at radius 3 is 2.38 bits per heavy atom. The molecule has 6 heteroatoms. The first-order chi connectivity index (χ1) is 11.6. The molecule has 1 amide bonds. The van der Waals surface area contributed by atoms with E-state index in [9.17, 15) is 4.79 Å². The van der Waals surface area contributed by atoms with Gasteiger partial charge < -0.3 is 16.0 Å². The van der Waals surface area contributed by atoms with E-state index < -0.39 is 0 Å². The average Bonchev–Trinajstić information content (AvgIpc) is 3.03. The summed E-state index contributed by atoms with van der Waals surface area (Å²) in [5.74, 6) is 0.121. The average molecular weight is 396 g/mol. The van der Waals surface area contributed by atoms with E-state index in [-0.39, 0.29) is 42.7 Å². The third-order valence-corrected chi connectivity index (χ3v) is 4.68. The zero-order chi connectivity index (χ0) is 16.9. The molecular formula is C20H27Cl2N3O. The maximum absolute atomic E-state index is 12.5. The zero-order valence-corrected chi connectivity index (χ0v) is 16.6. The van der Waals surface area contributed by atoms with E-state index in [2.05, 4.69) is 22.3 Å². The summed E-state index contributed by atoms with van der Waals surface area (Å²) in [6.07, 6.45) is 2.61. The number of nitrogens with two attached hydrogens (primary N) is 1. The van der Waals surface area contributed by atoms with Crippen molar-refractivity contribution in [2.75, 3.05) is 17.3 Å². The molecule has 1 fully saturated rings. The van der Waals surface area contributed by atoms with Crippen LogP contribution in [0.15, 0.2) is 54.6 Å². The van der Waals surface area contributed by atoms with Gasteiger partial charge in [-0.3, -0.25) is 4.79 Å². The number of rotatable bonds is 5. The molecule has 2 unspecified atom stereocenters. The first-order valence-corrected chi connectivity index (χ1v) is 8.54. The minimum atomic E-state index is 0. The Bertz CT molecular complexity index is 696. The predicted molar refractivity (Wildman–Crippen MR) is 113 cm³/mol. The molecule has 1 saturated carbocycles. The molecule has 142 valence electrons. The number of halogens is 2. The predicted octanol–water partition coefficient (Wildman–Crippen LogP) is 4.23. The van der Waals surface area contributed by atoms with Crippen molar-refractivity contribution in [3.05, 3.63) is 60.2 Å². The second kappa shape index (κ2) is 10.4. The van der Waals surface area contributed by atoms with Crippen molar-refractivity contribution in [3.63, 3.8) is 0 Å². The lowest BCUT2D eigenvalue weighted by Gasteiger charge is -2.23. The van der Waals surface area contributed by atoms with Crippen molar-refractivity contribution < 1.29 is 4.79 Å². The van der Waals surface area contributed by atoms with Gasteiger partial charge in [0.2, 0.25) is 5.91 Å². The standard InChI is InChI=1S/C20H25N3O.2ClH/c1-23(14-15-7-3-2-4-8-15)19-10-6-5-9-18(19)22-20(24)16-11-12-17(21)13-16;;/h2-10,16-17H,11-14,21H2,1H3,(H,22,24);2*1H. The second-order valence-corrected chi connectivity index (χ2v) is 6.62. The lowest BCUT2D eigenvalue weighted by molar-refractivity contribution is -0.119. The molecule has 26 heavy (non-hydrogen) atoms. The highest BCUT2D eigenvalue weighted by molar-refractivity contribution is 5.96. The SMILES string of the molecule is CN(Cc1ccccc1)c1ccccc1NC(=O)C1CCC(N)C1.Cl.Cl. The Balaban J connectivity index is 0.00000169. The van der Waals surface area contributed by atoms with E-state index >= 15 is 0 Å². The minimum Gasteiger partial charge on any atom is -0.369 e. The summed E-state index contributed by atoms with van der Waals surface area (Å²) in [6.45, 7) is 0.794. The van der Waals surface area contributed by atoms with Crippen molar-refractivity contribution in [1.29, 1.82) is 0 Å². The first-order valence-electron chi connectivity index (χ1n) is 8.54. The number of carbonyl (C=O) groups excluding carboxylic acids is 1. The molecule has 0 spiro atoms. The quantitative estimate of drug-likeness (QED) is 0.795. The van der Waals surface area contributed by atoms with Crippen LogP contribution in [0.5, 0.6) is 0 Å². The molecule has 0 aromatic heterocycles. The highest BCUT2D eigenvalue weighted by Gasteiger charge is 2.28. The van der Waals surface area contributed by atoms with E-state index in [1.54, 1.807) is 0 Å². The highest BCUT2D eigenvalue weighted by Crippen LogP contribution is 2.29. The van der Waals surface area contributed by atoms with Gasteiger partial charge in [-0.15, -0.1) is 24.8 Å². The van der Waals surface area contributed by atoms with E-state index in [4.69, 9.17) is 5.73 Å². The van der Waals surface area contributed by atoms with E-state index in [0.29, 0.717) is 0 Å². The summed E-state index contributed by atoms with van der Waals surface area (Å²) in [5.41, 5.74) is 9.06. The first kappa shape index (κ1) is 22.3. The van der Waals surface area contributed by atoms with Crippen LogP contribution in [0.4, 0.5) is 11.4 Å². The van der Waals surface area contributed by atoms with Crippen LogP contribution in [0.1, 0.15) is 24.8 Å². The van der Waals surface area contributed by atoms with E-state index in [1.807, 2.05) is 49.5 Å². The van der Waals surface area contributed by atoms with E-state index in [0.717, 1.165) is 37.2 Å². The minimum absolute atomic E-state index is 0. The maximum Gasteiger partial charge on any atom is 0.227 e. The van der Waals surface area contributed by atoms with Crippen molar-refractivity contribution in [3.8, 4) is 0 Å². The summed E-state index contributed by atoms with van der Waals surface area (Å²) in [5, 5.41) is 3.10. The van der Waals surface area contributed by atoms with Crippen LogP contribution in [0.25, 0.3) is 0 Å². The van der Waals surface area contributed by atoms with E-state index in [1.165, 1.54) is 5.56 Å². The fourth-order valence-corrected chi connectivity index (χ4v) is 3.34. The molecule has 4 nitrogen and oxygen atoms in total. The van der Waals surface area contributed by atoms with Crippen LogP contribution in [0.2, 0.25) is 0 Å². The van der Waals surface area contributed by atoms with Crippen LogP contribution in [0.3, 0.4) is 0 Å². The van der Waals surface area contributed by atoms with Gasteiger partial charge in [0.1, 0.15) is 0 Å². The Morgan fingerprint density at radius 1 is 1.08 bits per heavy atom. The van der Waals surface area contributed by atoms with Crippen molar-refractivity contribution in [2.45, 2.75) is 31.8 Å². The summed E-state index contributed by atoms with van der Waals surface area (Å²) in [7, 11) is 2.05. The second-order valence-electron chi connectivity index (χ2n) is 6.62. The summed E-state index contributed by atoms with van der Waals surface area (Å²) in [4.78, 5) is 14.7. The van der Waals surface area contributed by atoms with Crippen LogP contribution < -0.4 is 16.0 Å². The van der Waals surface area contributed by atoms with Crippen LogP contribution in [0, 0.1) is 5.92 Å². The summed E-state index contributed by atoms with van der Waals surface area (Å²) in [6, 6.07) is 18.4. The molecule has 0 bridgehead atoms. The molecule has 0 heterocycles. The van der Waals surface area contributed by atoms with Gasteiger partial charge in [0.15, 0.2) is 0 Å². The highest BCUT2D eigenvalue weighted by atomic mass is 35.5. The maximum atomic E-state index is 12.5. The lowest BCUT2D eigenvalue weighted by Crippen LogP contribution is -2.25. The Labute approximate surface area is 168 Å². The van der Waals surface area contributed by atoms with Gasteiger partial charge in [0.05, 0.1) is 11.4 Å². The topological polar surface area (TPSA) is 58.4 Å². The largest absolute Gasteiger partial charge is 0.369 e. The van der Waals surface area contributed by atoms with Gasteiger partial charge in [0.25, 0.3) is 0 Å². The van der Waals surface area contributed by atoms with Crippen LogP contribution in [-0.4, -0.2) is 19.0 Å². The third-order valence-electron chi connectivity index (χ3n) is 4.68. The monoisotopic (exact) mass is 395 g/mol. The van der Waals surface area contributed by atoms with Gasteiger partial charge >= 0.3 is 0 Å². The third kappa shape index (κ3) is 5.63. The fourth-order valence-electron chi connectivity index (χ4n) is 3.34. The van der Waals surface area contributed by atoms with Crippen molar-refractivity contribution in [1.82, 2.24) is 0 Å². The molecule has 3 rings (SSSR count). The smallest absolute Gasteiger partial charge is 0.227 e. The molecule has 0 aliphatic heterocycles. The number of carbonyl (C=O) groups is 1. The molecular weight excluding hydrogens is 369 g/mol. The Morgan fingerprint density at radius 2 is 1.73 bits per heavy atom. The fraction of sp³-hybridized carbons (Fsp3) is 0.350. The van der Waals surface area contributed by atoms with Gasteiger partial charge in [-0.1, -0.05) is 42.5 Å². The number of para-hydroxylation sites is 2. The molecule has 0 radical (unpaired) electrons. The normalized spacial score (nSPS) is 18.4. The molecule has 2 aromatic rings. The number of hydrogen-bond donors (Lipinski definition) is 2. The molecule has 1 aliphatic carbocycles. The zero-order valence-electron chi connectivity index (χ0n) is 14.9. The molecule has 3 N–H and O–H groups in total. The van der Waals surface area contributed by atoms with Crippen LogP contribution >= 0.6 is 24.8 Å². The molecule has 2 aromatic carbocycles. The number of nitrogens with zero attached hydrogens (tertiary/aromatic N) is 1. The van der Waals surface area contributed by atoms with Crippen molar-refractivity contribution >= 4 is 42.1 Å². The molecule has 2 atom stereocenters. The number of amides is 1. The van der Waals surface area contributed by atoms with Gasteiger partial charge in [0, 0.05) is 25.6 Å². The Hall–Kier alpha value is -1.75.